The highest BCUT2D eigenvalue weighted by atomic mass is 79.9. The Balaban J connectivity index is 2.25. The minimum absolute atomic E-state index is 0.0984. The molecule has 18 heavy (non-hydrogen) atoms. The molecule has 2 rings (SSSR count). The molecule has 0 aromatic heterocycles. The van der Waals surface area contributed by atoms with Crippen molar-refractivity contribution in [3.63, 3.8) is 0 Å². The third kappa shape index (κ3) is 3.31. The molecule has 0 amide bonds. The first kappa shape index (κ1) is 14.0. The summed E-state index contributed by atoms with van der Waals surface area (Å²) in [6.07, 6.45) is 0.391. The predicted molar refractivity (Wildman–Crippen MR) is 84.0 cm³/mol. The lowest BCUT2D eigenvalue weighted by Gasteiger charge is -2.06. The molecule has 0 radical (unpaired) electrons. The van der Waals surface area contributed by atoms with Crippen LogP contribution in [0, 0.1) is 0 Å². The Bertz CT molecular complexity index is 593. The van der Waals surface area contributed by atoms with Crippen LogP contribution in [0.3, 0.4) is 0 Å². The van der Waals surface area contributed by atoms with Crippen LogP contribution in [0.15, 0.2) is 55.9 Å². The SMILES string of the molecule is O=C(Cc1ccccc1Br)c1ccc(Br)cc1Br. The van der Waals surface area contributed by atoms with Crippen LogP contribution in [-0.4, -0.2) is 5.78 Å². The van der Waals surface area contributed by atoms with E-state index >= 15 is 0 Å². The Kier molecular flexibility index (Phi) is 4.76. The Labute approximate surface area is 131 Å². The van der Waals surface area contributed by atoms with Crippen LogP contribution in [0.5, 0.6) is 0 Å². The van der Waals surface area contributed by atoms with Gasteiger partial charge in [0.2, 0.25) is 0 Å². The summed E-state index contributed by atoms with van der Waals surface area (Å²) in [5.41, 5.74) is 1.70. The van der Waals surface area contributed by atoms with Crippen molar-refractivity contribution >= 4 is 53.6 Å². The van der Waals surface area contributed by atoms with Gasteiger partial charge in [-0.3, -0.25) is 4.79 Å². The molecule has 0 aliphatic carbocycles. The first-order chi connectivity index (χ1) is 8.58. The second kappa shape index (κ2) is 6.13. The van der Waals surface area contributed by atoms with Crippen LogP contribution in [0.2, 0.25) is 0 Å². The fourth-order valence-corrected chi connectivity index (χ4v) is 3.32. The summed E-state index contributed by atoms with van der Waals surface area (Å²) in [7, 11) is 0. The number of benzene rings is 2. The zero-order chi connectivity index (χ0) is 13.1. The van der Waals surface area contributed by atoms with Gasteiger partial charge in [-0.1, -0.05) is 66.0 Å². The molecule has 0 unspecified atom stereocenters. The number of Topliss-reactive ketones (excluding diaryl/α,β-unsaturated/α-hetero) is 1. The van der Waals surface area contributed by atoms with E-state index in [0.29, 0.717) is 12.0 Å². The third-order valence-corrected chi connectivity index (χ3v) is 4.46. The van der Waals surface area contributed by atoms with Crippen molar-refractivity contribution in [1.29, 1.82) is 0 Å². The van der Waals surface area contributed by atoms with Crippen molar-refractivity contribution in [3.05, 3.63) is 67.0 Å². The topological polar surface area (TPSA) is 17.1 Å². The summed E-state index contributed by atoms with van der Waals surface area (Å²) >= 11 is 10.2. The maximum atomic E-state index is 12.2. The van der Waals surface area contributed by atoms with E-state index in [4.69, 9.17) is 0 Å². The Hall–Kier alpha value is -0.450. The maximum absolute atomic E-state index is 12.2. The Morgan fingerprint density at radius 3 is 2.33 bits per heavy atom. The van der Waals surface area contributed by atoms with Crippen LogP contribution >= 0.6 is 47.8 Å². The number of carbonyl (C=O) groups is 1. The van der Waals surface area contributed by atoms with Gasteiger partial charge >= 0.3 is 0 Å². The smallest absolute Gasteiger partial charge is 0.168 e. The molecule has 0 heterocycles. The fraction of sp³-hybridized carbons (Fsp3) is 0.0714. The van der Waals surface area contributed by atoms with Gasteiger partial charge in [0.1, 0.15) is 0 Å². The van der Waals surface area contributed by atoms with Gasteiger partial charge in [-0.25, -0.2) is 0 Å². The lowest BCUT2D eigenvalue weighted by atomic mass is 10.0. The lowest BCUT2D eigenvalue weighted by molar-refractivity contribution is 0.0992. The van der Waals surface area contributed by atoms with Crippen molar-refractivity contribution in [1.82, 2.24) is 0 Å². The normalized spacial score (nSPS) is 10.4. The summed E-state index contributed by atoms with van der Waals surface area (Å²) in [6, 6.07) is 13.4. The largest absolute Gasteiger partial charge is 0.294 e. The summed E-state index contributed by atoms with van der Waals surface area (Å²) < 4.78 is 2.73. The van der Waals surface area contributed by atoms with Crippen LogP contribution in [-0.2, 0) is 6.42 Å². The molecule has 0 saturated heterocycles. The second-order valence-corrected chi connectivity index (χ2v) is 6.44. The van der Waals surface area contributed by atoms with Crippen molar-refractivity contribution in [2.24, 2.45) is 0 Å². The van der Waals surface area contributed by atoms with Gasteiger partial charge in [0.25, 0.3) is 0 Å². The quantitative estimate of drug-likeness (QED) is 0.593. The summed E-state index contributed by atoms with van der Waals surface area (Å²) in [5, 5.41) is 0. The fourth-order valence-electron chi connectivity index (χ4n) is 1.63. The van der Waals surface area contributed by atoms with Gasteiger partial charge in [0.05, 0.1) is 0 Å². The van der Waals surface area contributed by atoms with E-state index in [9.17, 15) is 4.79 Å². The van der Waals surface area contributed by atoms with Crippen LogP contribution in [0.25, 0.3) is 0 Å². The van der Waals surface area contributed by atoms with Crippen LogP contribution < -0.4 is 0 Å². The molecule has 4 heteroatoms. The molecule has 0 bridgehead atoms. The number of hydrogen-bond acceptors (Lipinski definition) is 1. The van der Waals surface area contributed by atoms with Gasteiger partial charge in [0, 0.05) is 25.4 Å². The lowest BCUT2D eigenvalue weighted by Crippen LogP contribution is -2.05. The first-order valence-electron chi connectivity index (χ1n) is 5.29. The standard InChI is InChI=1S/C14H9Br3O/c15-10-5-6-11(13(17)8-10)14(18)7-9-3-1-2-4-12(9)16/h1-6,8H,7H2. The average molecular weight is 433 g/mol. The highest BCUT2D eigenvalue weighted by Crippen LogP contribution is 2.24. The molecule has 0 aliphatic heterocycles. The van der Waals surface area contributed by atoms with E-state index < -0.39 is 0 Å². The van der Waals surface area contributed by atoms with Gasteiger partial charge in [0.15, 0.2) is 5.78 Å². The molecule has 92 valence electrons. The van der Waals surface area contributed by atoms with Crippen molar-refractivity contribution < 1.29 is 4.79 Å². The van der Waals surface area contributed by atoms with E-state index in [-0.39, 0.29) is 5.78 Å². The van der Waals surface area contributed by atoms with E-state index in [2.05, 4.69) is 47.8 Å². The van der Waals surface area contributed by atoms with E-state index in [0.717, 1.165) is 19.0 Å². The monoisotopic (exact) mass is 430 g/mol. The minimum Gasteiger partial charge on any atom is -0.294 e. The highest BCUT2D eigenvalue weighted by molar-refractivity contribution is 9.11. The second-order valence-electron chi connectivity index (χ2n) is 3.82. The molecule has 0 N–H and O–H groups in total. The highest BCUT2D eigenvalue weighted by Gasteiger charge is 2.12. The third-order valence-electron chi connectivity index (χ3n) is 2.54. The molecular weight excluding hydrogens is 424 g/mol. The molecule has 1 nitrogen and oxygen atoms in total. The molecule has 0 fully saturated rings. The van der Waals surface area contributed by atoms with Crippen LogP contribution in [0.4, 0.5) is 0 Å². The zero-order valence-corrected chi connectivity index (χ0v) is 14.0. The molecule has 0 aliphatic rings. The number of hydrogen-bond donors (Lipinski definition) is 0. The summed E-state index contributed by atoms with van der Waals surface area (Å²) in [4.78, 5) is 12.2. The van der Waals surface area contributed by atoms with Gasteiger partial charge in [-0.2, -0.15) is 0 Å². The molecule has 0 spiro atoms. The molecular formula is C14H9Br3O. The molecule has 2 aromatic rings. The van der Waals surface area contributed by atoms with Gasteiger partial charge < -0.3 is 0 Å². The summed E-state index contributed by atoms with van der Waals surface area (Å²) in [5.74, 6) is 0.0984. The average Bonchev–Trinajstić information content (AvgIpc) is 2.32. The van der Waals surface area contributed by atoms with E-state index in [1.807, 2.05) is 42.5 Å². The molecule has 2 aromatic carbocycles. The van der Waals surface area contributed by atoms with E-state index in [1.165, 1.54) is 0 Å². The summed E-state index contributed by atoms with van der Waals surface area (Å²) in [6.45, 7) is 0. The van der Waals surface area contributed by atoms with E-state index in [1.54, 1.807) is 0 Å². The number of rotatable bonds is 3. The first-order valence-corrected chi connectivity index (χ1v) is 7.67. The maximum Gasteiger partial charge on any atom is 0.168 e. The van der Waals surface area contributed by atoms with Crippen molar-refractivity contribution in [3.8, 4) is 0 Å². The minimum atomic E-state index is 0.0984. The Morgan fingerprint density at radius 1 is 0.944 bits per heavy atom. The van der Waals surface area contributed by atoms with Crippen LogP contribution in [0.1, 0.15) is 15.9 Å². The predicted octanol–water partition coefficient (Wildman–Crippen LogP) is 5.40. The zero-order valence-electron chi connectivity index (χ0n) is 9.29. The Morgan fingerprint density at radius 2 is 1.67 bits per heavy atom. The number of ketones is 1. The van der Waals surface area contributed by atoms with Gasteiger partial charge in [-0.05, 0) is 29.8 Å². The van der Waals surface area contributed by atoms with Crippen molar-refractivity contribution in [2.45, 2.75) is 6.42 Å². The number of halogens is 3. The van der Waals surface area contributed by atoms with Gasteiger partial charge in [-0.15, -0.1) is 0 Å². The molecule has 0 atom stereocenters. The molecule has 0 saturated carbocycles. The van der Waals surface area contributed by atoms with Crippen molar-refractivity contribution in [2.75, 3.05) is 0 Å². The number of carbonyl (C=O) groups excluding carboxylic acids is 1.